The molecule has 0 aliphatic carbocycles. The van der Waals surface area contributed by atoms with E-state index in [-0.39, 0.29) is 18.2 Å². The maximum Gasteiger partial charge on any atom is 0.343 e. The zero-order chi connectivity index (χ0) is 27.6. The van der Waals surface area contributed by atoms with Crippen molar-refractivity contribution in [3.63, 3.8) is 0 Å². The van der Waals surface area contributed by atoms with Crippen molar-refractivity contribution in [2.45, 2.75) is 71.1 Å². The summed E-state index contributed by atoms with van der Waals surface area (Å²) in [6.07, 6.45) is 12.5. The fourth-order valence-corrected chi connectivity index (χ4v) is 3.80. The molecule has 38 heavy (non-hydrogen) atoms. The second-order valence-corrected chi connectivity index (χ2v) is 9.39. The topological polar surface area (TPSA) is 106 Å². The molecule has 0 radical (unpaired) electrons. The predicted molar refractivity (Wildman–Crippen MR) is 150 cm³/mol. The zero-order valence-electron chi connectivity index (χ0n) is 22.3. The van der Waals surface area contributed by atoms with Gasteiger partial charge in [0.1, 0.15) is 0 Å². The van der Waals surface area contributed by atoms with Crippen molar-refractivity contribution in [3.05, 3.63) is 58.6 Å². The molecule has 8 nitrogen and oxygen atoms in total. The SMILES string of the molecule is CCCCCCCCCCCC(=O)NCC(=O)NN=Cc1ccc(OC(=O)c2ccc(Cl)cc2)c(OC)c1. The van der Waals surface area contributed by atoms with E-state index in [0.717, 1.165) is 19.3 Å². The summed E-state index contributed by atoms with van der Waals surface area (Å²) in [5.74, 6) is -0.550. The van der Waals surface area contributed by atoms with Gasteiger partial charge in [-0.2, -0.15) is 5.10 Å². The second-order valence-electron chi connectivity index (χ2n) is 8.96. The van der Waals surface area contributed by atoms with Crippen LogP contribution in [-0.4, -0.2) is 37.7 Å². The van der Waals surface area contributed by atoms with E-state index in [1.54, 1.807) is 42.5 Å². The quantitative estimate of drug-likeness (QED) is 0.0829. The number of benzene rings is 2. The second kappa shape index (κ2) is 18.0. The fraction of sp³-hybridized carbons (Fsp3) is 0.448. The molecule has 0 saturated heterocycles. The molecule has 0 unspecified atom stereocenters. The predicted octanol–water partition coefficient (Wildman–Crippen LogP) is 6.06. The highest BCUT2D eigenvalue weighted by Gasteiger charge is 2.13. The third-order valence-corrected chi connectivity index (χ3v) is 6.08. The third-order valence-electron chi connectivity index (χ3n) is 5.83. The molecule has 0 atom stereocenters. The molecule has 0 saturated carbocycles. The number of methoxy groups -OCH3 is 1. The molecule has 0 spiro atoms. The number of nitrogens with one attached hydrogen (secondary N) is 2. The Morgan fingerprint density at radius 1 is 0.868 bits per heavy atom. The Kier molecular flexibility index (Phi) is 14.6. The van der Waals surface area contributed by atoms with Crippen LogP contribution in [0.3, 0.4) is 0 Å². The summed E-state index contributed by atoms with van der Waals surface area (Å²) in [6.45, 7) is 2.07. The largest absolute Gasteiger partial charge is 0.493 e. The van der Waals surface area contributed by atoms with Gasteiger partial charge < -0.3 is 14.8 Å². The number of amides is 2. The fourth-order valence-electron chi connectivity index (χ4n) is 3.68. The van der Waals surface area contributed by atoms with Crippen molar-refractivity contribution < 1.29 is 23.9 Å². The number of ether oxygens (including phenoxy) is 2. The average molecular weight is 544 g/mol. The van der Waals surface area contributed by atoms with Gasteiger partial charge in [0, 0.05) is 11.4 Å². The van der Waals surface area contributed by atoms with Gasteiger partial charge in [0.15, 0.2) is 11.5 Å². The normalized spacial score (nSPS) is 10.8. The van der Waals surface area contributed by atoms with Crippen molar-refractivity contribution in [1.29, 1.82) is 0 Å². The number of unbranched alkanes of at least 4 members (excludes halogenated alkanes) is 8. The van der Waals surface area contributed by atoms with Gasteiger partial charge >= 0.3 is 5.97 Å². The highest BCUT2D eigenvalue weighted by atomic mass is 35.5. The number of nitrogens with zero attached hydrogens (tertiary/aromatic N) is 1. The molecule has 2 amide bonds. The number of hydrogen-bond donors (Lipinski definition) is 2. The maximum atomic E-state index is 12.4. The summed E-state index contributed by atoms with van der Waals surface area (Å²) in [5.41, 5.74) is 3.35. The zero-order valence-corrected chi connectivity index (χ0v) is 23.0. The first kappa shape index (κ1) is 30.8. The van der Waals surface area contributed by atoms with Gasteiger partial charge in [0.25, 0.3) is 5.91 Å². The number of halogens is 1. The van der Waals surface area contributed by atoms with E-state index in [4.69, 9.17) is 21.1 Å². The van der Waals surface area contributed by atoms with E-state index < -0.39 is 11.9 Å². The molecule has 0 heterocycles. The van der Waals surface area contributed by atoms with Crippen LogP contribution in [0.1, 0.15) is 87.1 Å². The van der Waals surface area contributed by atoms with Crippen LogP contribution in [-0.2, 0) is 9.59 Å². The van der Waals surface area contributed by atoms with Gasteiger partial charge in [-0.15, -0.1) is 0 Å². The molecule has 0 bridgehead atoms. The third kappa shape index (κ3) is 12.2. The molecule has 2 N–H and O–H groups in total. The monoisotopic (exact) mass is 543 g/mol. The molecule has 9 heteroatoms. The Labute approximate surface area is 230 Å². The Balaban J connectivity index is 1.68. The molecule has 0 aromatic heterocycles. The molecule has 2 rings (SSSR count). The summed E-state index contributed by atoms with van der Waals surface area (Å²) in [4.78, 5) is 36.3. The Hall–Kier alpha value is -3.39. The number of rotatable bonds is 17. The molecule has 206 valence electrons. The van der Waals surface area contributed by atoms with Crippen molar-refractivity contribution >= 4 is 35.6 Å². The van der Waals surface area contributed by atoms with Crippen molar-refractivity contribution in [2.24, 2.45) is 5.10 Å². The van der Waals surface area contributed by atoms with Gasteiger partial charge in [0.05, 0.1) is 25.4 Å². The minimum Gasteiger partial charge on any atom is -0.493 e. The summed E-state index contributed by atoms with van der Waals surface area (Å²) >= 11 is 5.85. The van der Waals surface area contributed by atoms with Gasteiger partial charge in [-0.05, 0) is 54.4 Å². The Bertz CT molecular complexity index is 1060. The lowest BCUT2D eigenvalue weighted by molar-refractivity contribution is -0.126. The van der Waals surface area contributed by atoms with Gasteiger partial charge in [-0.25, -0.2) is 10.2 Å². The number of carbonyl (C=O) groups is 3. The summed E-state index contributed by atoms with van der Waals surface area (Å²) in [6, 6.07) is 11.2. The number of hydrogen-bond acceptors (Lipinski definition) is 6. The summed E-state index contributed by atoms with van der Waals surface area (Å²) in [5, 5.41) is 7.05. The van der Waals surface area contributed by atoms with Crippen LogP contribution in [0.2, 0.25) is 5.02 Å². The first-order valence-corrected chi connectivity index (χ1v) is 13.5. The summed E-state index contributed by atoms with van der Waals surface area (Å²) in [7, 11) is 1.45. The van der Waals surface area contributed by atoms with Gasteiger partial charge in [0.2, 0.25) is 5.91 Å². The lowest BCUT2D eigenvalue weighted by atomic mass is 10.1. The number of carbonyl (C=O) groups excluding carboxylic acids is 3. The van der Waals surface area contributed by atoms with Crippen LogP contribution in [0.5, 0.6) is 11.5 Å². The van der Waals surface area contributed by atoms with Crippen LogP contribution < -0.4 is 20.2 Å². The average Bonchev–Trinajstić information content (AvgIpc) is 2.92. The number of hydrazone groups is 1. The van der Waals surface area contributed by atoms with Crippen LogP contribution >= 0.6 is 11.6 Å². The standard InChI is InChI=1S/C29H38ClN3O5/c1-3-4-5-6-7-8-9-10-11-12-27(34)31-21-28(35)33-32-20-22-13-18-25(26(19-22)37-2)38-29(36)23-14-16-24(30)17-15-23/h13-20H,3-12,21H2,1-2H3,(H,31,34)(H,33,35). The lowest BCUT2D eigenvalue weighted by Crippen LogP contribution is -2.34. The van der Waals surface area contributed by atoms with E-state index in [9.17, 15) is 14.4 Å². The number of esters is 1. The first-order chi connectivity index (χ1) is 18.4. The van der Waals surface area contributed by atoms with Crippen LogP contribution in [0.25, 0.3) is 0 Å². The molecule has 0 aliphatic heterocycles. The maximum absolute atomic E-state index is 12.4. The lowest BCUT2D eigenvalue weighted by Gasteiger charge is -2.10. The minimum atomic E-state index is -0.548. The smallest absolute Gasteiger partial charge is 0.343 e. The van der Waals surface area contributed by atoms with Crippen LogP contribution in [0, 0.1) is 0 Å². The van der Waals surface area contributed by atoms with E-state index in [0.29, 0.717) is 28.3 Å². The summed E-state index contributed by atoms with van der Waals surface area (Å²) < 4.78 is 10.7. The van der Waals surface area contributed by atoms with Crippen LogP contribution in [0.4, 0.5) is 0 Å². The molecular formula is C29H38ClN3O5. The molecule has 2 aromatic carbocycles. The van der Waals surface area contributed by atoms with Gasteiger partial charge in [-0.1, -0.05) is 69.9 Å². The highest BCUT2D eigenvalue weighted by Crippen LogP contribution is 2.28. The molecule has 0 fully saturated rings. The Morgan fingerprint density at radius 3 is 2.18 bits per heavy atom. The van der Waals surface area contributed by atoms with Crippen molar-refractivity contribution in [3.8, 4) is 11.5 Å². The van der Waals surface area contributed by atoms with Crippen LogP contribution in [0.15, 0.2) is 47.6 Å². The van der Waals surface area contributed by atoms with E-state index in [1.807, 2.05) is 0 Å². The van der Waals surface area contributed by atoms with Crippen molar-refractivity contribution in [1.82, 2.24) is 10.7 Å². The first-order valence-electron chi connectivity index (χ1n) is 13.2. The molecular weight excluding hydrogens is 506 g/mol. The molecule has 2 aromatic rings. The minimum absolute atomic E-state index is 0.138. The van der Waals surface area contributed by atoms with E-state index >= 15 is 0 Å². The molecule has 0 aliphatic rings. The van der Waals surface area contributed by atoms with Crippen molar-refractivity contribution in [2.75, 3.05) is 13.7 Å². The van der Waals surface area contributed by atoms with Gasteiger partial charge in [-0.3, -0.25) is 9.59 Å². The highest BCUT2D eigenvalue weighted by molar-refractivity contribution is 6.30. The van der Waals surface area contributed by atoms with E-state index in [2.05, 4.69) is 22.8 Å². The Morgan fingerprint density at radius 2 is 1.53 bits per heavy atom. The van der Waals surface area contributed by atoms with E-state index in [1.165, 1.54) is 51.8 Å².